The molecule has 0 radical (unpaired) electrons. The van der Waals surface area contributed by atoms with Crippen LogP contribution in [0.15, 0.2) is 0 Å². The van der Waals surface area contributed by atoms with Crippen LogP contribution in [0.25, 0.3) is 0 Å². The summed E-state index contributed by atoms with van der Waals surface area (Å²) in [5.41, 5.74) is 0.0717. The molecule has 0 saturated carbocycles. The summed E-state index contributed by atoms with van der Waals surface area (Å²) in [6, 6.07) is 0.287. The summed E-state index contributed by atoms with van der Waals surface area (Å²) in [6.07, 6.45) is 3.20. The van der Waals surface area contributed by atoms with Crippen molar-refractivity contribution in [2.45, 2.75) is 43.9 Å². The third-order valence-electron chi connectivity index (χ3n) is 4.74. The van der Waals surface area contributed by atoms with Crippen LogP contribution in [0.1, 0.15) is 26.2 Å². The molecule has 3 aliphatic rings. The predicted octanol–water partition coefficient (Wildman–Crippen LogP) is 0.878. The van der Waals surface area contributed by atoms with Gasteiger partial charge in [-0.05, 0) is 31.9 Å². The van der Waals surface area contributed by atoms with Crippen LogP contribution in [0.3, 0.4) is 0 Å². The van der Waals surface area contributed by atoms with E-state index in [4.69, 9.17) is 9.47 Å². The molecule has 0 bridgehead atoms. The van der Waals surface area contributed by atoms with Crippen molar-refractivity contribution in [3.63, 3.8) is 0 Å². The second-order valence-electron chi connectivity index (χ2n) is 6.35. The maximum absolute atomic E-state index is 12.5. The lowest BCUT2D eigenvalue weighted by Crippen LogP contribution is -2.54. The fourth-order valence-corrected chi connectivity index (χ4v) is 4.89. The van der Waals surface area contributed by atoms with Gasteiger partial charge in [0.1, 0.15) is 0 Å². The van der Waals surface area contributed by atoms with Crippen molar-refractivity contribution in [1.29, 1.82) is 0 Å². The van der Waals surface area contributed by atoms with Gasteiger partial charge in [0.25, 0.3) is 0 Å². The molecule has 0 aromatic heterocycles. The maximum atomic E-state index is 12.5. The zero-order valence-corrected chi connectivity index (χ0v) is 13.6. The lowest BCUT2D eigenvalue weighted by Gasteiger charge is -2.39. The molecule has 1 amide bonds. The van der Waals surface area contributed by atoms with Crippen LogP contribution in [-0.2, 0) is 14.3 Å². The van der Waals surface area contributed by atoms with Crippen molar-refractivity contribution in [2.75, 3.05) is 44.4 Å². The Bertz CT molecular complexity index is 368. The molecular weight excluding hydrogens is 288 g/mol. The van der Waals surface area contributed by atoms with Crippen LogP contribution >= 0.6 is 11.8 Å². The van der Waals surface area contributed by atoms with E-state index >= 15 is 0 Å². The summed E-state index contributed by atoms with van der Waals surface area (Å²) in [5, 5.41) is 3.55. The summed E-state index contributed by atoms with van der Waals surface area (Å²) in [7, 11) is 0. The summed E-state index contributed by atoms with van der Waals surface area (Å²) in [4.78, 5) is 14.4. The molecule has 21 heavy (non-hydrogen) atoms. The van der Waals surface area contributed by atoms with E-state index in [0.717, 1.165) is 44.7 Å². The van der Waals surface area contributed by atoms with Crippen molar-refractivity contribution in [1.82, 2.24) is 10.2 Å². The minimum atomic E-state index is -0.114. The molecule has 3 unspecified atom stereocenters. The number of nitrogens with zero attached hydrogens (tertiary/aromatic N) is 1. The van der Waals surface area contributed by atoms with Gasteiger partial charge in [-0.1, -0.05) is 0 Å². The molecule has 3 atom stereocenters. The van der Waals surface area contributed by atoms with Crippen molar-refractivity contribution in [2.24, 2.45) is 0 Å². The van der Waals surface area contributed by atoms with E-state index in [1.807, 2.05) is 23.6 Å². The Morgan fingerprint density at radius 2 is 2.19 bits per heavy atom. The molecule has 0 aromatic rings. The van der Waals surface area contributed by atoms with Gasteiger partial charge in [-0.2, -0.15) is 11.8 Å². The molecule has 1 N–H and O–H groups in total. The van der Waals surface area contributed by atoms with Gasteiger partial charge in [0.05, 0.1) is 24.9 Å². The molecule has 0 aliphatic carbocycles. The zero-order valence-electron chi connectivity index (χ0n) is 12.8. The highest BCUT2D eigenvalue weighted by Crippen LogP contribution is 2.38. The SMILES string of the molecule is CC(NC1CCOC2(CCSC2)C1)C(=O)N1CCOCC1. The number of ether oxygens (including phenoxy) is 2. The number of nitrogens with one attached hydrogen (secondary N) is 1. The number of amides is 1. The minimum Gasteiger partial charge on any atom is -0.378 e. The number of carbonyl (C=O) groups is 1. The van der Waals surface area contributed by atoms with Gasteiger partial charge in [0.2, 0.25) is 5.91 Å². The average Bonchev–Trinajstić information content (AvgIpc) is 2.95. The molecule has 0 aromatic carbocycles. The molecular formula is C15H26N2O3S. The van der Waals surface area contributed by atoms with Crippen LogP contribution in [0.4, 0.5) is 0 Å². The summed E-state index contributed by atoms with van der Waals surface area (Å²) in [6.45, 7) is 5.57. The average molecular weight is 314 g/mol. The molecule has 3 fully saturated rings. The van der Waals surface area contributed by atoms with Crippen LogP contribution < -0.4 is 5.32 Å². The number of hydrogen-bond donors (Lipinski definition) is 1. The van der Waals surface area contributed by atoms with E-state index in [0.29, 0.717) is 19.3 Å². The Morgan fingerprint density at radius 3 is 2.90 bits per heavy atom. The zero-order chi connectivity index (χ0) is 14.7. The van der Waals surface area contributed by atoms with Crippen LogP contribution in [-0.4, -0.2) is 72.9 Å². The van der Waals surface area contributed by atoms with Crippen LogP contribution in [0, 0.1) is 0 Å². The first kappa shape index (κ1) is 15.6. The molecule has 3 rings (SSSR count). The number of carbonyl (C=O) groups excluding carboxylic acids is 1. The highest BCUT2D eigenvalue weighted by atomic mass is 32.2. The summed E-state index contributed by atoms with van der Waals surface area (Å²) < 4.78 is 11.4. The van der Waals surface area contributed by atoms with E-state index in [2.05, 4.69) is 5.32 Å². The topological polar surface area (TPSA) is 50.8 Å². The van der Waals surface area contributed by atoms with E-state index in [1.54, 1.807) is 0 Å². The number of morpholine rings is 1. The number of hydrogen-bond acceptors (Lipinski definition) is 5. The van der Waals surface area contributed by atoms with E-state index in [-0.39, 0.29) is 17.6 Å². The largest absolute Gasteiger partial charge is 0.378 e. The second-order valence-corrected chi connectivity index (χ2v) is 7.45. The standard InChI is InChI=1S/C15H26N2O3S/c1-12(14(18)17-4-7-19-8-5-17)16-13-2-6-20-15(10-13)3-9-21-11-15/h12-13,16H,2-11H2,1H3. The maximum Gasteiger partial charge on any atom is 0.239 e. The predicted molar refractivity (Wildman–Crippen MR) is 83.6 cm³/mol. The smallest absolute Gasteiger partial charge is 0.239 e. The Kier molecular flexibility index (Phi) is 5.09. The normalized spacial score (nSPS) is 35.1. The molecule has 3 heterocycles. The van der Waals surface area contributed by atoms with Crippen molar-refractivity contribution in [3.8, 4) is 0 Å². The quantitative estimate of drug-likeness (QED) is 0.838. The second kappa shape index (κ2) is 6.86. The van der Waals surface area contributed by atoms with Crippen LogP contribution in [0.2, 0.25) is 0 Å². The highest BCUT2D eigenvalue weighted by Gasteiger charge is 2.41. The van der Waals surface area contributed by atoms with Gasteiger partial charge >= 0.3 is 0 Å². The Morgan fingerprint density at radius 1 is 1.38 bits per heavy atom. The van der Waals surface area contributed by atoms with Crippen LogP contribution in [0.5, 0.6) is 0 Å². The molecule has 120 valence electrons. The first-order chi connectivity index (χ1) is 10.2. The Hall–Kier alpha value is -0.300. The molecule has 5 nitrogen and oxygen atoms in total. The lowest BCUT2D eigenvalue weighted by molar-refractivity contribution is -0.138. The van der Waals surface area contributed by atoms with Gasteiger partial charge in [-0.15, -0.1) is 0 Å². The monoisotopic (exact) mass is 314 g/mol. The minimum absolute atomic E-state index is 0.0717. The fraction of sp³-hybridized carbons (Fsp3) is 0.933. The van der Waals surface area contributed by atoms with Crippen molar-refractivity contribution in [3.05, 3.63) is 0 Å². The van der Waals surface area contributed by atoms with Crippen molar-refractivity contribution < 1.29 is 14.3 Å². The van der Waals surface area contributed by atoms with Gasteiger partial charge in [-0.25, -0.2) is 0 Å². The highest BCUT2D eigenvalue weighted by molar-refractivity contribution is 7.99. The fourth-order valence-electron chi connectivity index (χ4n) is 3.52. The lowest BCUT2D eigenvalue weighted by atomic mass is 9.89. The third-order valence-corrected chi connectivity index (χ3v) is 5.96. The van der Waals surface area contributed by atoms with E-state index in [9.17, 15) is 4.79 Å². The number of thioether (sulfide) groups is 1. The summed E-state index contributed by atoms with van der Waals surface area (Å²) in [5.74, 6) is 2.52. The van der Waals surface area contributed by atoms with Gasteiger partial charge in [-0.3, -0.25) is 4.79 Å². The molecule has 1 spiro atoms. The molecule has 6 heteroatoms. The van der Waals surface area contributed by atoms with E-state index in [1.165, 1.54) is 5.75 Å². The Balaban J connectivity index is 1.51. The van der Waals surface area contributed by atoms with Gasteiger partial charge < -0.3 is 19.7 Å². The first-order valence-electron chi connectivity index (χ1n) is 8.03. The summed E-state index contributed by atoms with van der Waals surface area (Å²) >= 11 is 1.99. The number of rotatable bonds is 3. The molecule has 3 saturated heterocycles. The van der Waals surface area contributed by atoms with Gasteiger partial charge in [0.15, 0.2) is 0 Å². The Labute approximate surface area is 131 Å². The third kappa shape index (κ3) is 3.73. The van der Waals surface area contributed by atoms with Gasteiger partial charge in [0, 0.05) is 31.5 Å². The van der Waals surface area contributed by atoms with Crippen molar-refractivity contribution >= 4 is 17.7 Å². The van der Waals surface area contributed by atoms with E-state index < -0.39 is 0 Å². The molecule has 3 aliphatic heterocycles. The first-order valence-corrected chi connectivity index (χ1v) is 9.18.